The molecule has 0 aromatic heterocycles. The van der Waals surface area contributed by atoms with E-state index >= 15 is 0 Å². The minimum absolute atomic E-state index is 0.136. The van der Waals surface area contributed by atoms with Gasteiger partial charge in [-0.3, -0.25) is 14.9 Å². The van der Waals surface area contributed by atoms with Crippen molar-refractivity contribution in [3.63, 3.8) is 0 Å². The van der Waals surface area contributed by atoms with Gasteiger partial charge in [0.1, 0.15) is 11.6 Å². The van der Waals surface area contributed by atoms with Gasteiger partial charge in [0, 0.05) is 12.1 Å². The molecular weight excluding hydrogens is 389 g/mol. The lowest BCUT2D eigenvalue weighted by Crippen LogP contribution is -2.30. The summed E-state index contributed by atoms with van der Waals surface area (Å²) >= 11 is 1.74. The van der Waals surface area contributed by atoms with Crippen LogP contribution in [-0.2, 0) is 4.79 Å². The number of nitriles is 1. The molecule has 0 atom stereocenters. The standard InChI is InChI=1S/C13H12IN3O4/c1-7(2)16-13(19)9(6-15)3-8-4-10(14)12(18)11(5-8)17(20)21/h3-5,7,18H,1-2H3,(H,16,19)/b9-3-. The lowest BCUT2D eigenvalue weighted by atomic mass is 10.1. The van der Waals surface area contributed by atoms with E-state index in [0.29, 0.717) is 5.56 Å². The van der Waals surface area contributed by atoms with Gasteiger partial charge in [0.15, 0.2) is 0 Å². The van der Waals surface area contributed by atoms with Crippen molar-refractivity contribution in [2.45, 2.75) is 19.9 Å². The predicted molar refractivity (Wildman–Crippen MR) is 84.3 cm³/mol. The number of aromatic hydroxyl groups is 1. The van der Waals surface area contributed by atoms with Crippen LogP contribution in [0.4, 0.5) is 5.69 Å². The Bertz CT molecular complexity index is 662. The highest BCUT2D eigenvalue weighted by molar-refractivity contribution is 14.1. The summed E-state index contributed by atoms with van der Waals surface area (Å²) in [6.45, 7) is 3.50. The monoisotopic (exact) mass is 401 g/mol. The van der Waals surface area contributed by atoms with E-state index in [1.165, 1.54) is 12.1 Å². The van der Waals surface area contributed by atoms with E-state index in [9.17, 15) is 20.0 Å². The van der Waals surface area contributed by atoms with Gasteiger partial charge in [-0.05, 0) is 54.1 Å². The Morgan fingerprint density at radius 2 is 2.19 bits per heavy atom. The van der Waals surface area contributed by atoms with Gasteiger partial charge in [0.05, 0.1) is 8.49 Å². The number of rotatable bonds is 4. The average molecular weight is 401 g/mol. The van der Waals surface area contributed by atoms with Gasteiger partial charge in [0.25, 0.3) is 5.91 Å². The molecule has 1 aromatic carbocycles. The van der Waals surface area contributed by atoms with Crippen LogP contribution in [0.5, 0.6) is 5.75 Å². The maximum atomic E-state index is 11.8. The molecule has 1 amide bonds. The second-order valence-corrected chi connectivity index (χ2v) is 5.59. The number of hydrogen-bond acceptors (Lipinski definition) is 5. The zero-order chi connectivity index (χ0) is 16.2. The molecule has 0 aliphatic carbocycles. The molecule has 0 radical (unpaired) electrons. The van der Waals surface area contributed by atoms with Crippen molar-refractivity contribution in [3.05, 3.63) is 37.0 Å². The van der Waals surface area contributed by atoms with Crippen LogP contribution in [0.25, 0.3) is 6.08 Å². The van der Waals surface area contributed by atoms with Crippen LogP contribution in [0.2, 0.25) is 0 Å². The molecule has 110 valence electrons. The summed E-state index contributed by atoms with van der Waals surface area (Å²) < 4.78 is 0.259. The second kappa shape index (κ2) is 7.03. The van der Waals surface area contributed by atoms with Crippen molar-refractivity contribution in [1.29, 1.82) is 5.26 Å². The summed E-state index contributed by atoms with van der Waals surface area (Å²) in [5, 5.41) is 32.0. The van der Waals surface area contributed by atoms with Crippen LogP contribution in [0, 0.1) is 25.0 Å². The van der Waals surface area contributed by atoms with Crippen molar-refractivity contribution >= 4 is 40.3 Å². The summed E-state index contributed by atoms with van der Waals surface area (Å²) in [7, 11) is 0. The first-order chi connectivity index (χ1) is 9.76. The minimum Gasteiger partial charge on any atom is -0.501 e. The molecule has 0 aliphatic rings. The van der Waals surface area contributed by atoms with Crippen LogP contribution < -0.4 is 5.32 Å². The van der Waals surface area contributed by atoms with Crippen LogP contribution in [0.15, 0.2) is 17.7 Å². The largest absolute Gasteiger partial charge is 0.501 e. The maximum absolute atomic E-state index is 11.8. The first kappa shape index (κ1) is 16.9. The first-order valence-corrected chi connectivity index (χ1v) is 6.93. The number of carbonyl (C=O) groups is 1. The molecular formula is C13H12IN3O4. The fourth-order valence-electron chi connectivity index (χ4n) is 1.48. The fourth-order valence-corrected chi connectivity index (χ4v) is 2.12. The fraction of sp³-hybridized carbons (Fsp3) is 0.231. The Kier molecular flexibility index (Phi) is 5.66. The van der Waals surface area contributed by atoms with E-state index in [4.69, 9.17) is 5.26 Å². The van der Waals surface area contributed by atoms with Gasteiger partial charge >= 0.3 is 5.69 Å². The SMILES string of the molecule is CC(C)NC(=O)/C(C#N)=C\c1cc(I)c(O)c([N+](=O)[O-])c1. The topological polar surface area (TPSA) is 116 Å². The average Bonchev–Trinajstić information content (AvgIpc) is 2.38. The van der Waals surface area contributed by atoms with E-state index in [0.717, 1.165) is 6.07 Å². The number of nitrogens with one attached hydrogen (secondary N) is 1. The van der Waals surface area contributed by atoms with Crippen molar-refractivity contribution in [2.75, 3.05) is 0 Å². The van der Waals surface area contributed by atoms with Crippen molar-refractivity contribution in [1.82, 2.24) is 5.32 Å². The molecule has 2 N–H and O–H groups in total. The number of nitro benzene ring substituents is 1. The zero-order valence-corrected chi connectivity index (χ0v) is 13.4. The normalized spacial score (nSPS) is 11.1. The number of carbonyl (C=O) groups excluding carboxylic acids is 1. The van der Waals surface area contributed by atoms with E-state index in [1.807, 2.05) is 0 Å². The third-order valence-corrected chi connectivity index (χ3v) is 3.18. The summed E-state index contributed by atoms with van der Waals surface area (Å²) in [5.41, 5.74) is -0.353. The second-order valence-electron chi connectivity index (χ2n) is 4.43. The number of halogens is 1. The molecule has 0 spiro atoms. The van der Waals surface area contributed by atoms with Crippen LogP contribution in [0.3, 0.4) is 0 Å². The lowest BCUT2D eigenvalue weighted by molar-refractivity contribution is -0.386. The number of nitrogens with zero attached hydrogens (tertiary/aromatic N) is 2. The molecule has 7 nitrogen and oxygen atoms in total. The summed E-state index contributed by atoms with van der Waals surface area (Å²) in [6, 6.07) is 4.17. The molecule has 0 heterocycles. The maximum Gasteiger partial charge on any atom is 0.312 e. The van der Waals surface area contributed by atoms with Crippen molar-refractivity contribution in [2.24, 2.45) is 0 Å². The Morgan fingerprint density at radius 3 is 2.67 bits per heavy atom. The molecule has 0 fully saturated rings. The first-order valence-electron chi connectivity index (χ1n) is 5.85. The number of phenols is 1. The molecule has 1 rings (SSSR count). The summed E-state index contributed by atoms with van der Waals surface area (Å²) in [4.78, 5) is 21.9. The molecule has 0 saturated carbocycles. The highest BCUT2D eigenvalue weighted by Gasteiger charge is 2.18. The molecule has 8 heteroatoms. The third-order valence-electron chi connectivity index (χ3n) is 2.36. The summed E-state index contributed by atoms with van der Waals surface area (Å²) in [5.74, 6) is -0.999. The van der Waals surface area contributed by atoms with Crippen LogP contribution >= 0.6 is 22.6 Å². The van der Waals surface area contributed by atoms with Crippen LogP contribution in [0.1, 0.15) is 19.4 Å². The molecule has 0 saturated heterocycles. The molecule has 0 aliphatic heterocycles. The Labute approximate surface area is 134 Å². The predicted octanol–water partition coefficient (Wildman–Crippen LogP) is 2.34. The van der Waals surface area contributed by atoms with Crippen molar-refractivity contribution in [3.8, 4) is 11.8 Å². The molecule has 0 unspecified atom stereocenters. The van der Waals surface area contributed by atoms with Crippen LogP contribution in [-0.4, -0.2) is 22.0 Å². The van der Waals surface area contributed by atoms with E-state index in [-0.39, 0.29) is 15.2 Å². The third kappa shape index (κ3) is 4.42. The van der Waals surface area contributed by atoms with E-state index < -0.39 is 22.3 Å². The van der Waals surface area contributed by atoms with Gasteiger partial charge in [-0.15, -0.1) is 0 Å². The summed E-state index contributed by atoms with van der Waals surface area (Å²) in [6.07, 6.45) is 1.24. The number of benzene rings is 1. The molecule has 1 aromatic rings. The Hall–Kier alpha value is -2.15. The number of hydrogen-bond donors (Lipinski definition) is 2. The van der Waals surface area contributed by atoms with Crippen molar-refractivity contribution < 1.29 is 14.8 Å². The minimum atomic E-state index is -0.727. The smallest absolute Gasteiger partial charge is 0.312 e. The number of nitro groups is 1. The van der Waals surface area contributed by atoms with E-state index in [1.54, 1.807) is 42.5 Å². The molecule has 21 heavy (non-hydrogen) atoms. The van der Waals surface area contributed by atoms with Gasteiger partial charge in [0.2, 0.25) is 5.75 Å². The van der Waals surface area contributed by atoms with Gasteiger partial charge in [-0.1, -0.05) is 0 Å². The highest BCUT2D eigenvalue weighted by atomic mass is 127. The number of phenolic OH excluding ortho intramolecular Hbond substituents is 1. The Morgan fingerprint density at radius 1 is 1.57 bits per heavy atom. The molecule has 0 bridgehead atoms. The van der Waals surface area contributed by atoms with Gasteiger partial charge in [-0.25, -0.2) is 0 Å². The van der Waals surface area contributed by atoms with E-state index in [2.05, 4.69) is 5.32 Å². The highest BCUT2D eigenvalue weighted by Crippen LogP contribution is 2.32. The quantitative estimate of drug-likeness (QED) is 0.264. The van der Waals surface area contributed by atoms with Gasteiger partial charge < -0.3 is 10.4 Å². The van der Waals surface area contributed by atoms with Gasteiger partial charge in [-0.2, -0.15) is 5.26 Å². The number of amides is 1. The Balaban J connectivity index is 3.27. The zero-order valence-electron chi connectivity index (χ0n) is 11.3. The lowest BCUT2D eigenvalue weighted by Gasteiger charge is -2.07.